The smallest absolute Gasteiger partial charge is 0.254 e. The standard InChI is InChI=1S/C13H14N2OS/c1-15(13(16)12-5-9-17-10-12)8-4-11-2-6-14-7-3-11/h2-3,5-7,9-10H,4,8H2,1H3. The van der Waals surface area contributed by atoms with E-state index in [9.17, 15) is 4.79 Å². The lowest BCUT2D eigenvalue weighted by Crippen LogP contribution is -2.28. The van der Waals surface area contributed by atoms with Gasteiger partial charge in [-0.2, -0.15) is 11.3 Å². The second-order valence-corrected chi connectivity index (χ2v) is 4.62. The fraction of sp³-hybridized carbons (Fsp3) is 0.231. The summed E-state index contributed by atoms with van der Waals surface area (Å²) in [6, 6.07) is 5.81. The number of nitrogens with zero attached hydrogens (tertiary/aromatic N) is 2. The molecule has 0 bridgehead atoms. The molecule has 0 N–H and O–H groups in total. The number of amides is 1. The van der Waals surface area contributed by atoms with Gasteiger partial charge in [0.05, 0.1) is 5.56 Å². The Labute approximate surface area is 105 Å². The zero-order valence-corrected chi connectivity index (χ0v) is 10.5. The Kier molecular flexibility index (Phi) is 3.88. The van der Waals surface area contributed by atoms with Crippen LogP contribution in [0.1, 0.15) is 15.9 Å². The molecule has 1 amide bonds. The van der Waals surface area contributed by atoms with Gasteiger partial charge in [0.1, 0.15) is 0 Å². The predicted octanol–water partition coefficient (Wildman–Crippen LogP) is 2.46. The van der Waals surface area contributed by atoms with Crippen LogP contribution in [-0.4, -0.2) is 29.4 Å². The van der Waals surface area contributed by atoms with Gasteiger partial charge in [0.15, 0.2) is 0 Å². The Morgan fingerprint density at radius 2 is 2.12 bits per heavy atom. The summed E-state index contributed by atoms with van der Waals surface area (Å²) in [7, 11) is 1.83. The second kappa shape index (κ2) is 5.59. The maximum absolute atomic E-state index is 11.9. The molecular weight excluding hydrogens is 232 g/mol. The highest BCUT2D eigenvalue weighted by atomic mass is 32.1. The van der Waals surface area contributed by atoms with Crippen LogP contribution in [0.25, 0.3) is 0 Å². The Morgan fingerprint density at radius 3 is 2.76 bits per heavy atom. The molecule has 88 valence electrons. The maximum Gasteiger partial charge on any atom is 0.254 e. The van der Waals surface area contributed by atoms with Crippen LogP contribution in [0.3, 0.4) is 0 Å². The van der Waals surface area contributed by atoms with Crippen LogP contribution >= 0.6 is 11.3 Å². The van der Waals surface area contributed by atoms with Crippen molar-refractivity contribution in [3.8, 4) is 0 Å². The van der Waals surface area contributed by atoms with Crippen molar-refractivity contribution in [3.63, 3.8) is 0 Å². The van der Waals surface area contributed by atoms with Crippen LogP contribution in [-0.2, 0) is 6.42 Å². The molecule has 2 aromatic rings. The molecule has 0 unspecified atom stereocenters. The molecule has 0 fully saturated rings. The molecule has 4 heteroatoms. The molecule has 0 aliphatic rings. The first kappa shape index (κ1) is 11.8. The van der Waals surface area contributed by atoms with Gasteiger partial charge >= 0.3 is 0 Å². The monoisotopic (exact) mass is 246 g/mol. The lowest BCUT2D eigenvalue weighted by atomic mass is 10.2. The predicted molar refractivity (Wildman–Crippen MR) is 69.2 cm³/mol. The van der Waals surface area contributed by atoms with Gasteiger partial charge in [-0.1, -0.05) is 0 Å². The zero-order chi connectivity index (χ0) is 12.1. The van der Waals surface area contributed by atoms with Gasteiger partial charge in [0.2, 0.25) is 0 Å². The Morgan fingerprint density at radius 1 is 1.35 bits per heavy atom. The average Bonchev–Trinajstić information content (AvgIpc) is 2.90. The fourth-order valence-corrected chi connectivity index (χ4v) is 2.18. The third-order valence-electron chi connectivity index (χ3n) is 2.60. The first-order valence-electron chi connectivity index (χ1n) is 5.44. The lowest BCUT2D eigenvalue weighted by Gasteiger charge is -2.16. The highest BCUT2D eigenvalue weighted by Crippen LogP contribution is 2.09. The van der Waals surface area contributed by atoms with Crippen molar-refractivity contribution >= 4 is 17.2 Å². The molecule has 17 heavy (non-hydrogen) atoms. The molecule has 3 nitrogen and oxygen atoms in total. The summed E-state index contributed by atoms with van der Waals surface area (Å²) >= 11 is 1.54. The summed E-state index contributed by atoms with van der Waals surface area (Å²) < 4.78 is 0. The number of carbonyl (C=O) groups is 1. The van der Waals surface area contributed by atoms with E-state index in [1.54, 1.807) is 28.6 Å². The van der Waals surface area contributed by atoms with Crippen LogP contribution in [0.15, 0.2) is 41.4 Å². The van der Waals surface area contributed by atoms with E-state index in [0.717, 1.165) is 18.5 Å². The molecule has 0 saturated heterocycles. The topological polar surface area (TPSA) is 33.2 Å². The summed E-state index contributed by atoms with van der Waals surface area (Å²) in [4.78, 5) is 17.7. The van der Waals surface area contributed by atoms with Crippen LogP contribution in [0.2, 0.25) is 0 Å². The molecular formula is C13H14N2OS. The van der Waals surface area contributed by atoms with Gasteiger partial charge in [0, 0.05) is 31.4 Å². The minimum Gasteiger partial charge on any atom is -0.341 e. The van der Waals surface area contributed by atoms with Gasteiger partial charge in [-0.15, -0.1) is 0 Å². The molecule has 0 aromatic carbocycles. The van der Waals surface area contributed by atoms with E-state index in [1.807, 2.05) is 36.0 Å². The number of hydrogen-bond acceptors (Lipinski definition) is 3. The van der Waals surface area contributed by atoms with Crippen LogP contribution < -0.4 is 0 Å². The van der Waals surface area contributed by atoms with Gasteiger partial charge < -0.3 is 4.90 Å². The summed E-state index contributed by atoms with van der Waals surface area (Å²) in [5.74, 6) is 0.0836. The molecule has 2 aromatic heterocycles. The summed E-state index contributed by atoms with van der Waals surface area (Å²) in [5.41, 5.74) is 1.97. The number of pyridine rings is 1. The van der Waals surface area contributed by atoms with E-state index in [0.29, 0.717) is 0 Å². The van der Waals surface area contributed by atoms with Crippen molar-refractivity contribution in [2.75, 3.05) is 13.6 Å². The van der Waals surface area contributed by atoms with Crippen LogP contribution in [0, 0.1) is 0 Å². The summed E-state index contributed by atoms with van der Waals surface area (Å²) in [5, 5.41) is 3.80. The van der Waals surface area contributed by atoms with E-state index < -0.39 is 0 Å². The maximum atomic E-state index is 11.9. The van der Waals surface area contributed by atoms with E-state index in [2.05, 4.69) is 4.98 Å². The zero-order valence-electron chi connectivity index (χ0n) is 9.67. The average molecular weight is 246 g/mol. The van der Waals surface area contributed by atoms with Crippen molar-refractivity contribution in [1.82, 2.24) is 9.88 Å². The molecule has 0 aliphatic heterocycles. The Balaban J connectivity index is 1.90. The van der Waals surface area contributed by atoms with Gasteiger partial charge in [-0.3, -0.25) is 9.78 Å². The van der Waals surface area contributed by atoms with Gasteiger partial charge in [-0.25, -0.2) is 0 Å². The number of thiophene rings is 1. The molecule has 0 radical (unpaired) electrons. The third kappa shape index (κ3) is 3.14. The molecule has 0 saturated carbocycles. The van der Waals surface area contributed by atoms with Crippen molar-refractivity contribution in [2.45, 2.75) is 6.42 Å². The first-order valence-corrected chi connectivity index (χ1v) is 6.38. The normalized spacial score (nSPS) is 10.2. The number of aromatic nitrogens is 1. The minimum absolute atomic E-state index is 0.0836. The Hall–Kier alpha value is -1.68. The lowest BCUT2D eigenvalue weighted by molar-refractivity contribution is 0.0797. The number of rotatable bonds is 4. The van der Waals surface area contributed by atoms with Crippen LogP contribution in [0.4, 0.5) is 0 Å². The van der Waals surface area contributed by atoms with Gasteiger partial charge in [0.25, 0.3) is 5.91 Å². The summed E-state index contributed by atoms with van der Waals surface area (Å²) in [6.07, 6.45) is 4.40. The van der Waals surface area contributed by atoms with Crippen LogP contribution in [0.5, 0.6) is 0 Å². The van der Waals surface area contributed by atoms with E-state index in [-0.39, 0.29) is 5.91 Å². The largest absolute Gasteiger partial charge is 0.341 e. The molecule has 2 rings (SSSR count). The quantitative estimate of drug-likeness (QED) is 0.830. The third-order valence-corrected chi connectivity index (χ3v) is 3.28. The van der Waals surface area contributed by atoms with Crippen molar-refractivity contribution in [3.05, 3.63) is 52.5 Å². The minimum atomic E-state index is 0.0836. The van der Waals surface area contributed by atoms with E-state index >= 15 is 0 Å². The molecule has 0 spiro atoms. The SMILES string of the molecule is CN(CCc1ccncc1)C(=O)c1ccsc1. The van der Waals surface area contributed by atoms with E-state index in [1.165, 1.54) is 5.56 Å². The number of likely N-dealkylation sites (N-methyl/N-ethyl adjacent to an activating group) is 1. The summed E-state index contributed by atoms with van der Waals surface area (Å²) in [6.45, 7) is 0.721. The van der Waals surface area contributed by atoms with Crippen molar-refractivity contribution in [2.24, 2.45) is 0 Å². The highest BCUT2D eigenvalue weighted by molar-refractivity contribution is 7.08. The molecule has 2 heterocycles. The molecule has 0 atom stereocenters. The van der Waals surface area contributed by atoms with Crippen molar-refractivity contribution in [1.29, 1.82) is 0 Å². The van der Waals surface area contributed by atoms with Gasteiger partial charge in [-0.05, 0) is 35.6 Å². The van der Waals surface area contributed by atoms with E-state index in [4.69, 9.17) is 0 Å². The number of carbonyl (C=O) groups excluding carboxylic acids is 1. The molecule has 0 aliphatic carbocycles. The second-order valence-electron chi connectivity index (χ2n) is 3.84. The number of hydrogen-bond donors (Lipinski definition) is 0. The Bertz CT molecular complexity index is 467. The van der Waals surface area contributed by atoms with Crippen molar-refractivity contribution < 1.29 is 4.79 Å². The first-order chi connectivity index (χ1) is 8.27. The fourth-order valence-electron chi connectivity index (χ4n) is 1.55. The highest BCUT2D eigenvalue weighted by Gasteiger charge is 2.11.